The highest BCUT2D eigenvalue weighted by molar-refractivity contribution is 9.10. The van der Waals surface area contributed by atoms with Crippen molar-refractivity contribution in [3.8, 4) is 5.75 Å². The van der Waals surface area contributed by atoms with Gasteiger partial charge in [0.2, 0.25) is 0 Å². The summed E-state index contributed by atoms with van der Waals surface area (Å²) in [5, 5.41) is 0. The molecule has 0 spiro atoms. The Bertz CT molecular complexity index is 1120. The molecule has 0 fully saturated rings. The number of ether oxygens (including phenoxy) is 1. The van der Waals surface area contributed by atoms with Gasteiger partial charge in [0.05, 0.1) is 12.8 Å². The lowest BCUT2D eigenvalue weighted by Gasteiger charge is -2.19. The number of amidine groups is 1. The van der Waals surface area contributed by atoms with E-state index in [1.165, 1.54) is 0 Å². The number of rotatable bonds is 4. The number of amides is 1. The summed E-state index contributed by atoms with van der Waals surface area (Å²) in [6.45, 7) is 0. The van der Waals surface area contributed by atoms with E-state index < -0.39 is 0 Å². The quantitative estimate of drug-likeness (QED) is 0.400. The standard InChI is InChI=1S/C23H16Br2N2O2/c1-29-18-12-6-15(7-13-18)14-21-23(28)27(17-10-8-16(24)9-11-17)22(26-21)19-4-2-3-5-20(19)25/h2-14H,1H3/b21-14+. The van der Waals surface area contributed by atoms with Crippen molar-refractivity contribution < 1.29 is 9.53 Å². The van der Waals surface area contributed by atoms with E-state index in [4.69, 9.17) is 9.73 Å². The first-order chi connectivity index (χ1) is 14.1. The van der Waals surface area contributed by atoms with Gasteiger partial charge in [0.1, 0.15) is 17.3 Å². The number of aliphatic imine (C=N–C) groups is 1. The fraction of sp³-hybridized carbons (Fsp3) is 0.0435. The van der Waals surface area contributed by atoms with Crippen LogP contribution in [0, 0.1) is 0 Å². The maximum atomic E-state index is 13.3. The summed E-state index contributed by atoms with van der Waals surface area (Å²) in [6.07, 6.45) is 1.79. The van der Waals surface area contributed by atoms with E-state index in [1.807, 2.05) is 72.8 Å². The van der Waals surface area contributed by atoms with Crippen LogP contribution in [0.3, 0.4) is 0 Å². The Labute approximate surface area is 185 Å². The average Bonchev–Trinajstić information content (AvgIpc) is 3.05. The summed E-state index contributed by atoms with van der Waals surface area (Å²) in [4.78, 5) is 19.6. The third-order valence-electron chi connectivity index (χ3n) is 4.48. The van der Waals surface area contributed by atoms with Crippen molar-refractivity contribution in [2.75, 3.05) is 12.0 Å². The Morgan fingerprint density at radius 2 is 1.62 bits per heavy atom. The largest absolute Gasteiger partial charge is 0.497 e. The molecule has 0 bridgehead atoms. The molecule has 0 radical (unpaired) electrons. The van der Waals surface area contributed by atoms with Crippen LogP contribution in [-0.2, 0) is 4.79 Å². The SMILES string of the molecule is COc1ccc(/C=C2/N=C(c3ccccc3Br)N(c3ccc(Br)cc3)C2=O)cc1. The van der Waals surface area contributed by atoms with Gasteiger partial charge in [-0.25, -0.2) is 4.99 Å². The van der Waals surface area contributed by atoms with Crippen molar-refractivity contribution in [2.24, 2.45) is 4.99 Å². The zero-order valence-electron chi connectivity index (χ0n) is 15.5. The minimum atomic E-state index is -0.172. The van der Waals surface area contributed by atoms with E-state index in [2.05, 4.69) is 31.9 Å². The predicted octanol–water partition coefficient (Wildman–Crippen LogP) is 6.05. The summed E-state index contributed by atoms with van der Waals surface area (Å²) >= 11 is 7.03. The van der Waals surface area contributed by atoms with Crippen LogP contribution >= 0.6 is 31.9 Å². The molecule has 3 aromatic carbocycles. The highest BCUT2D eigenvalue weighted by atomic mass is 79.9. The van der Waals surface area contributed by atoms with Crippen molar-refractivity contribution in [3.05, 3.63) is 98.6 Å². The molecular formula is C23H16Br2N2O2. The molecule has 0 unspecified atom stereocenters. The molecular weight excluding hydrogens is 496 g/mol. The molecule has 4 rings (SSSR count). The second-order valence-electron chi connectivity index (χ2n) is 6.33. The molecule has 0 saturated heterocycles. The van der Waals surface area contributed by atoms with Crippen LogP contribution in [0.2, 0.25) is 0 Å². The van der Waals surface area contributed by atoms with Crippen molar-refractivity contribution in [2.45, 2.75) is 0 Å². The lowest BCUT2D eigenvalue weighted by Crippen LogP contribution is -2.32. The summed E-state index contributed by atoms with van der Waals surface area (Å²) in [7, 11) is 1.62. The van der Waals surface area contributed by atoms with Gasteiger partial charge in [0, 0.05) is 14.5 Å². The first-order valence-electron chi connectivity index (χ1n) is 8.86. The Morgan fingerprint density at radius 3 is 2.28 bits per heavy atom. The third-order valence-corrected chi connectivity index (χ3v) is 5.70. The van der Waals surface area contributed by atoms with E-state index in [1.54, 1.807) is 18.1 Å². The summed E-state index contributed by atoms with van der Waals surface area (Å²) in [5.74, 6) is 1.18. The normalized spacial score (nSPS) is 15.0. The number of carbonyl (C=O) groups excluding carboxylic acids is 1. The number of anilines is 1. The van der Waals surface area contributed by atoms with Crippen LogP contribution in [0.4, 0.5) is 5.69 Å². The van der Waals surface area contributed by atoms with Crippen molar-refractivity contribution in [3.63, 3.8) is 0 Å². The van der Waals surface area contributed by atoms with Crippen LogP contribution in [0.5, 0.6) is 5.75 Å². The second-order valence-corrected chi connectivity index (χ2v) is 8.10. The average molecular weight is 512 g/mol. The van der Waals surface area contributed by atoms with Crippen molar-refractivity contribution >= 4 is 55.4 Å². The Balaban J connectivity index is 1.81. The second kappa shape index (κ2) is 8.35. The maximum Gasteiger partial charge on any atom is 0.282 e. The van der Waals surface area contributed by atoms with E-state index in [-0.39, 0.29) is 5.91 Å². The number of carbonyl (C=O) groups is 1. The molecule has 29 heavy (non-hydrogen) atoms. The van der Waals surface area contributed by atoms with E-state index in [9.17, 15) is 4.79 Å². The zero-order chi connectivity index (χ0) is 20.4. The van der Waals surface area contributed by atoms with Gasteiger partial charge in [-0.3, -0.25) is 9.69 Å². The Hall–Kier alpha value is -2.70. The van der Waals surface area contributed by atoms with Gasteiger partial charge in [-0.05, 0) is 54.1 Å². The van der Waals surface area contributed by atoms with E-state index >= 15 is 0 Å². The minimum Gasteiger partial charge on any atom is -0.497 e. The molecule has 1 amide bonds. The highest BCUT2D eigenvalue weighted by Gasteiger charge is 2.33. The number of benzene rings is 3. The number of hydrogen-bond donors (Lipinski definition) is 0. The molecule has 3 aromatic rings. The van der Waals surface area contributed by atoms with Gasteiger partial charge in [0.25, 0.3) is 5.91 Å². The summed E-state index contributed by atoms with van der Waals surface area (Å²) < 4.78 is 7.02. The van der Waals surface area contributed by atoms with Crippen LogP contribution in [0.1, 0.15) is 11.1 Å². The van der Waals surface area contributed by atoms with Gasteiger partial charge in [0.15, 0.2) is 0 Å². The zero-order valence-corrected chi connectivity index (χ0v) is 18.6. The van der Waals surface area contributed by atoms with Crippen molar-refractivity contribution in [1.29, 1.82) is 0 Å². The Kier molecular flexibility index (Phi) is 5.65. The minimum absolute atomic E-state index is 0.172. The van der Waals surface area contributed by atoms with Gasteiger partial charge in [-0.15, -0.1) is 0 Å². The Morgan fingerprint density at radius 1 is 0.931 bits per heavy atom. The first-order valence-corrected chi connectivity index (χ1v) is 10.4. The van der Waals surface area contributed by atoms with Gasteiger partial charge in [-0.2, -0.15) is 0 Å². The number of hydrogen-bond acceptors (Lipinski definition) is 3. The molecule has 1 aliphatic heterocycles. The lowest BCUT2D eigenvalue weighted by molar-refractivity contribution is -0.113. The monoisotopic (exact) mass is 510 g/mol. The summed E-state index contributed by atoms with van der Waals surface area (Å²) in [6, 6.07) is 22.9. The molecule has 0 aromatic heterocycles. The fourth-order valence-electron chi connectivity index (χ4n) is 3.03. The van der Waals surface area contributed by atoms with Crippen molar-refractivity contribution in [1.82, 2.24) is 0 Å². The molecule has 1 aliphatic rings. The fourth-order valence-corrected chi connectivity index (χ4v) is 3.75. The number of methoxy groups -OCH3 is 1. The molecule has 144 valence electrons. The van der Waals surface area contributed by atoms with Gasteiger partial charge in [-0.1, -0.05) is 62.2 Å². The smallest absolute Gasteiger partial charge is 0.282 e. The van der Waals surface area contributed by atoms with E-state index in [0.29, 0.717) is 11.5 Å². The first kappa shape index (κ1) is 19.6. The third kappa shape index (κ3) is 4.04. The topological polar surface area (TPSA) is 41.9 Å². The maximum absolute atomic E-state index is 13.3. The van der Waals surface area contributed by atoms with Gasteiger partial charge >= 0.3 is 0 Å². The number of nitrogens with zero attached hydrogens (tertiary/aromatic N) is 2. The van der Waals surface area contributed by atoms with Crippen LogP contribution in [-0.4, -0.2) is 18.9 Å². The molecule has 6 heteroatoms. The van der Waals surface area contributed by atoms with Crippen LogP contribution < -0.4 is 9.64 Å². The number of halogens is 2. The molecule has 0 saturated carbocycles. The van der Waals surface area contributed by atoms with Crippen LogP contribution in [0.25, 0.3) is 6.08 Å². The molecule has 0 atom stereocenters. The predicted molar refractivity (Wildman–Crippen MR) is 123 cm³/mol. The molecule has 1 heterocycles. The molecule has 0 aliphatic carbocycles. The highest BCUT2D eigenvalue weighted by Crippen LogP contribution is 2.31. The van der Waals surface area contributed by atoms with E-state index in [0.717, 1.165) is 31.5 Å². The summed E-state index contributed by atoms with van der Waals surface area (Å²) in [5.41, 5.74) is 2.86. The van der Waals surface area contributed by atoms with Gasteiger partial charge < -0.3 is 4.74 Å². The van der Waals surface area contributed by atoms with Crippen LogP contribution in [0.15, 0.2) is 92.4 Å². The lowest BCUT2D eigenvalue weighted by atomic mass is 10.1. The molecule has 0 N–H and O–H groups in total. The molecule has 4 nitrogen and oxygen atoms in total.